The Balaban J connectivity index is 1.75. The zero-order valence-electron chi connectivity index (χ0n) is 11.9. The maximum absolute atomic E-state index is 6.56. The third-order valence-electron chi connectivity index (χ3n) is 5.67. The van der Waals surface area contributed by atoms with Crippen LogP contribution in [0.25, 0.3) is 0 Å². The van der Waals surface area contributed by atoms with E-state index < -0.39 is 0 Å². The third-order valence-corrected chi connectivity index (χ3v) is 5.67. The summed E-state index contributed by atoms with van der Waals surface area (Å²) < 4.78 is 6.56. The van der Waals surface area contributed by atoms with Crippen LogP contribution in [0.1, 0.15) is 49.3 Å². The number of rotatable bonds is 1. The average Bonchev–Trinajstić information content (AvgIpc) is 2.99. The van der Waals surface area contributed by atoms with Gasteiger partial charge in [0.2, 0.25) is 0 Å². The standard InChI is InChI=1S/C17H23NO/c1-11-3-6-16-14(7-11)15(18-2)10-17(19-16)9-12-4-5-13(17)8-12/h3,6-7,12-13,15,18H,4-5,8-10H2,1-2H3. The van der Waals surface area contributed by atoms with Crippen LogP contribution in [0.2, 0.25) is 0 Å². The Labute approximate surface area is 115 Å². The molecule has 2 bridgehead atoms. The van der Waals surface area contributed by atoms with Crippen molar-refractivity contribution in [2.24, 2.45) is 11.8 Å². The molecule has 4 atom stereocenters. The smallest absolute Gasteiger partial charge is 0.124 e. The van der Waals surface area contributed by atoms with Crippen molar-refractivity contribution in [2.75, 3.05) is 7.05 Å². The van der Waals surface area contributed by atoms with E-state index in [0.717, 1.165) is 24.0 Å². The van der Waals surface area contributed by atoms with E-state index in [9.17, 15) is 0 Å². The molecule has 19 heavy (non-hydrogen) atoms. The number of ether oxygens (including phenoxy) is 1. The highest BCUT2D eigenvalue weighted by atomic mass is 16.5. The van der Waals surface area contributed by atoms with Crippen molar-refractivity contribution in [1.29, 1.82) is 0 Å². The van der Waals surface area contributed by atoms with Crippen LogP contribution in [0.4, 0.5) is 0 Å². The number of benzene rings is 1. The van der Waals surface area contributed by atoms with Gasteiger partial charge < -0.3 is 10.1 Å². The summed E-state index contributed by atoms with van der Waals surface area (Å²) in [6, 6.07) is 7.11. The SMILES string of the molecule is CNC1CC2(CC3CCC2C3)Oc2ccc(C)cc21. The second-order valence-corrected chi connectivity index (χ2v) is 6.83. The van der Waals surface area contributed by atoms with Crippen molar-refractivity contribution in [3.05, 3.63) is 29.3 Å². The molecule has 3 aliphatic rings. The van der Waals surface area contributed by atoms with Gasteiger partial charge in [0, 0.05) is 18.0 Å². The van der Waals surface area contributed by atoms with Crippen molar-refractivity contribution in [3.63, 3.8) is 0 Å². The first-order valence-corrected chi connectivity index (χ1v) is 7.67. The number of hydrogen-bond donors (Lipinski definition) is 1. The third kappa shape index (κ3) is 1.66. The van der Waals surface area contributed by atoms with Crippen molar-refractivity contribution >= 4 is 0 Å². The lowest BCUT2D eigenvalue weighted by atomic mass is 9.76. The molecule has 0 amide bonds. The van der Waals surface area contributed by atoms with Gasteiger partial charge >= 0.3 is 0 Å². The van der Waals surface area contributed by atoms with Gasteiger partial charge in [0.05, 0.1) is 0 Å². The van der Waals surface area contributed by atoms with Crippen LogP contribution in [-0.4, -0.2) is 12.6 Å². The summed E-state index contributed by atoms with van der Waals surface area (Å²) >= 11 is 0. The van der Waals surface area contributed by atoms with Crippen LogP contribution >= 0.6 is 0 Å². The maximum atomic E-state index is 6.56. The lowest BCUT2D eigenvalue weighted by Gasteiger charge is -2.45. The van der Waals surface area contributed by atoms with E-state index in [-0.39, 0.29) is 5.60 Å². The fraction of sp³-hybridized carbons (Fsp3) is 0.647. The molecular formula is C17H23NO. The quantitative estimate of drug-likeness (QED) is 0.830. The molecule has 0 saturated heterocycles. The Kier molecular flexibility index (Phi) is 2.47. The molecule has 4 unspecified atom stereocenters. The summed E-state index contributed by atoms with van der Waals surface area (Å²) in [6.45, 7) is 2.16. The molecule has 1 aliphatic heterocycles. The lowest BCUT2D eigenvalue weighted by molar-refractivity contribution is -0.0176. The van der Waals surface area contributed by atoms with Crippen molar-refractivity contribution in [2.45, 2.75) is 50.7 Å². The van der Waals surface area contributed by atoms with Gasteiger partial charge in [0.15, 0.2) is 0 Å². The Hall–Kier alpha value is -1.02. The van der Waals surface area contributed by atoms with E-state index in [4.69, 9.17) is 4.74 Å². The van der Waals surface area contributed by atoms with Gasteiger partial charge in [-0.3, -0.25) is 0 Å². The van der Waals surface area contributed by atoms with Gasteiger partial charge in [0.25, 0.3) is 0 Å². The summed E-state index contributed by atoms with van der Waals surface area (Å²) in [6.07, 6.45) is 6.64. The number of fused-ring (bicyclic) bond motifs is 4. The molecule has 1 heterocycles. The van der Waals surface area contributed by atoms with Gasteiger partial charge in [-0.2, -0.15) is 0 Å². The molecule has 0 radical (unpaired) electrons. The fourth-order valence-electron chi connectivity index (χ4n) is 4.78. The monoisotopic (exact) mass is 257 g/mol. The van der Waals surface area contributed by atoms with Gasteiger partial charge in [-0.05, 0) is 57.6 Å². The van der Waals surface area contributed by atoms with E-state index in [1.807, 2.05) is 0 Å². The van der Waals surface area contributed by atoms with Crippen LogP contribution in [0, 0.1) is 18.8 Å². The minimum atomic E-state index is 0.138. The molecule has 1 aromatic carbocycles. The van der Waals surface area contributed by atoms with E-state index in [0.29, 0.717) is 6.04 Å². The highest BCUT2D eigenvalue weighted by Gasteiger charge is 2.55. The van der Waals surface area contributed by atoms with E-state index >= 15 is 0 Å². The molecule has 0 aromatic heterocycles. The van der Waals surface area contributed by atoms with Gasteiger partial charge in [-0.25, -0.2) is 0 Å². The molecular weight excluding hydrogens is 234 g/mol. The molecule has 1 N–H and O–H groups in total. The molecule has 2 fully saturated rings. The molecule has 2 saturated carbocycles. The summed E-state index contributed by atoms with van der Waals surface area (Å²) in [4.78, 5) is 0. The fourth-order valence-corrected chi connectivity index (χ4v) is 4.78. The topological polar surface area (TPSA) is 21.3 Å². The van der Waals surface area contributed by atoms with Gasteiger partial charge in [-0.1, -0.05) is 17.7 Å². The maximum Gasteiger partial charge on any atom is 0.124 e. The van der Waals surface area contributed by atoms with Crippen LogP contribution in [-0.2, 0) is 0 Å². The van der Waals surface area contributed by atoms with Crippen molar-refractivity contribution in [3.8, 4) is 5.75 Å². The largest absolute Gasteiger partial charge is 0.487 e. The van der Waals surface area contributed by atoms with Gasteiger partial charge in [-0.15, -0.1) is 0 Å². The van der Waals surface area contributed by atoms with Crippen molar-refractivity contribution < 1.29 is 4.74 Å². The first-order chi connectivity index (χ1) is 9.20. The molecule has 2 heteroatoms. The molecule has 4 rings (SSSR count). The zero-order valence-corrected chi connectivity index (χ0v) is 11.9. The van der Waals surface area contributed by atoms with E-state index in [1.165, 1.54) is 36.8 Å². The minimum Gasteiger partial charge on any atom is -0.487 e. The Morgan fingerprint density at radius 1 is 1.26 bits per heavy atom. The summed E-state index contributed by atoms with van der Waals surface area (Å²) in [5, 5.41) is 3.52. The minimum absolute atomic E-state index is 0.138. The number of hydrogen-bond acceptors (Lipinski definition) is 2. The Morgan fingerprint density at radius 2 is 2.16 bits per heavy atom. The molecule has 2 aliphatic carbocycles. The molecule has 102 valence electrons. The molecule has 2 nitrogen and oxygen atoms in total. The van der Waals surface area contributed by atoms with Crippen LogP contribution in [0.15, 0.2) is 18.2 Å². The second kappa shape index (κ2) is 3.99. The zero-order chi connectivity index (χ0) is 13.0. The predicted molar refractivity (Wildman–Crippen MR) is 76.4 cm³/mol. The first-order valence-electron chi connectivity index (χ1n) is 7.67. The summed E-state index contributed by atoms with van der Waals surface area (Å²) in [7, 11) is 2.09. The predicted octanol–water partition coefficient (Wildman–Crippen LogP) is 3.60. The highest BCUT2D eigenvalue weighted by Crippen LogP contribution is 2.57. The van der Waals surface area contributed by atoms with Crippen LogP contribution in [0.5, 0.6) is 5.75 Å². The molecule has 1 spiro atoms. The highest BCUT2D eigenvalue weighted by molar-refractivity contribution is 5.42. The molecule has 1 aromatic rings. The van der Waals surface area contributed by atoms with E-state index in [1.54, 1.807) is 0 Å². The van der Waals surface area contributed by atoms with E-state index in [2.05, 4.69) is 37.5 Å². The summed E-state index contributed by atoms with van der Waals surface area (Å²) in [5.74, 6) is 2.85. The Bertz CT molecular complexity index is 512. The Morgan fingerprint density at radius 3 is 2.84 bits per heavy atom. The normalized spacial score (nSPS) is 39.4. The lowest BCUT2D eigenvalue weighted by Crippen LogP contribution is -2.47. The van der Waals surface area contributed by atoms with Crippen LogP contribution < -0.4 is 10.1 Å². The number of aryl methyl sites for hydroxylation is 1. The summed E-state index contributed by atoms with van der Waals surface area (Å²) in [5.41, 5.74) is 2.82. The van der Waals surface area contributed by atoms with Crippen LogP contribution in [0.3, 0.4) is 0 Å². The van der Waals surface area contributed by atoms with Crippen molar-refractivity contribution in [1.82, 2.24) is 5.32 Å². The second-order valence-electron chi connectivity index (χ2n) is 6.83. The first kappa shape index (κ1) is 11.8. The average molecular weight is 257 g/mol. The van der Waals surface area contributed by atoms with Gasteiger partial charge in [0.1, 0.15) is 11.4 Å². The number of nitrogens with one attached hydrogen (secondary N) is 1.